The standard InChI is InChI=1S/C16H17N3O2/c20-19(21)15-4-3-14(13-9-17-8-5-12(13)15)18-10-16(6-7-16)11-1-2-11/h3-5,8-9,11,18H,1-2,6-7,10H2. The fourth-order valence-electron chi connectivity index (χ4n) is 3.34. The molecule has 2 aromatic rings. The molecule has 1 heterocycles. The van der Waals surface area contributed by atoms with Crippen molar-refractivity contribution in [2.24, 2.45) is 11.3 Å². The van der Waals surface area contributed by atoms with E-state index in [-0.39, 0.29) is 10.6 Å². The Morgan fingerprint density at radius 3 is 2.76 bits per heavy atom. The van der Waals surface area contributed by atoms with E-state index in [4.69, 9.17) is 0 Å². The number of anilines is 1. The summed E-state index contributed by atoms with van der Waals surface area (Å²) in [6.07, 6.45) is 8.67. The molecule has 2 aliphatic carbocycles. The first-order valence-electron chi connectivity index (χ1n) is 7.45. The van der Waals surface area contributed by atoms with Gasteiger partial charge < -0.3 is 5.32 Å². The monoisotopic (exact) mass is 283 g/mol. The molecule has 1 aromatic carbocycles. The van der Waals surface area contributed by atoms with Crippen LogP contribution in [0.4, 0.5) is 11.4 Å². The Bertz CT molecular complexity index is 721. The Labute approximate surface area is 122 Å². The number of nitro benzene ring substituents is 1. The number of aromatic nitrogens is 1. The topological polar surface area (TPSA) is 68.1 Å². The number of rotatable bonds is 5. The average Bonchev–Trinajstić information content (AvgIpc) is 3.37. The minimum atomic E-state index is -0.335. The van der Waals surface area contributed by atoms with Gasteiger partial charge in [-0.2, -0.15) is 0 Å². The Hall–Kier alpha value is -2.17. The molecule has 0 spiro atoms. The molecule has 0 amide bonds. The van der Waals surface area contributed by atoms with Crippen LogP contribution in [-0.2, 0) is 0 Å². The summed E-state index contributed by atoms with van der Waals surface area (Å²) in [4.78, 5) is 14.9. The summed E-state index contributed by atoms with van der Waals surface area (Å²) in [5.41, 5.74) is 1.59. The summed E-state index contributed by atoms with van der Waals surface area (Å²) in [6, 6.07) is 5.11. The molecule has 0 saturated heterocycles. The number of nitrogens with zero attached hydrogens (tertiary/aromatic N) is 2. The van der Waals surface area contributed by atoms with Crippen LogP contribution in [0.5, 0.6) is 0 Å². The molecule has 21 heavy (non-hydrogen) atoms. The number of fused-ring (bicyclic) bond motifs is 1. The number of benzene rings is 1. The van der Waals surface area contributed by atoms with E-state index < -0.39 is 0 Å². The minimum absolute atomic E-state index is 0.140. The number of pyridine rings is 1. The second-order valence-electron chi connectivity index (χ2n) is 6.30. The Morgan fingerprint density at radius 2 is 2.10 bits per heavy atom. The smallest absolute Gasteiger partial charge is 0.277 e. The number of nitro groups is 1. The van der Waals surface area contributed by atoms with Crippen molar-refractivity contribution < 1.29 is 4.92 Å². The zero-order chi connectivity index (χ0) is 14.4. The van der Waals surface area contributed by atoms with E-state index in [2.05, 4.69) is 10.3 Å². The first-order valence-corrected chi connectivity index (χ1v) is 7.45. The van der Waals surface area contributed by atoms with Crippen LogP contribution in [0.3, 0.4) is 0 Å². The van der Waals surface area contributed by atoms with Gasteiger partial charge in [0.1, 0.15) is 0 Å². The lowest BCUT2D eigenvalue weighted by molar-refractivity contribution is -0.383. The molecule has 0 aliphatic heterocycles. The third-order valence-corrected chi connectivity index (χ3v) is 4.96. The van der Waals surface area contributed by atoms with Crippen LogP contribution in [-0.4, -0.2) is 16.5 Å². The fraction of sp³-hybridized carbons (Fsp3) is 0.438. The van der Waals surface area contributed by atoms with Crippen LogP contribution >= 0.6 is 0 Å². The SMILES string of the molecule is O=[N+]([O-])c1ccc(NCC2(C3CC3)CC2)c2cnccc12. The van der Waals surface area contributed by atoms with Gasteiger partial charge in [0.2, 0.25) is 0 Å². The summed E-state index contributed by atoms with van der Waals surface area (Å²) in [5, 5.41) is 16.1. The van der Waals surface area contributed by atoms with Gasteiger partial charge in [-0.15, -0.1) is 0 Å². The van der Waals surface area contributed by atoms with Crippen molar-refractivity contribution in [1.82, 2.24) is 4.98 Å². The summed E-state index contributed by atoms with van der Waals surface area (Å²) in [5.74, 6) is 0.896. The Balaban J connectivity index is 1.66. The molecule has 5 heteroatoms. The van der Waals surface area contributed by atoms with Crippen molar-refractivity contribution in [2.45, 2.75) is 25.7 Å². The van der Waals surface area contributed by atoms with Gasteiger partial charge in [-0.3, -0.25) is 15.1 Å². The maximum Gasteiger partial charge on any atom is 0.277 e. The van der Waals surface area contributed by atoms with E-state index in [9.17, 15) is 10.1 Å². The van der Waals surface area contributed by atoms with Crippen LogP contribution in [0.1, 0.15) is 25.7 Å². The largest absolute Gasteiger partial charge is 0.384 e. The van der Waals surface area contributed by atoms with Crippen LogP contribution in [0.25, 0.3) is 10.8 Å². The molecule has 4 rings (SSSR count). The molecule has 1 aromatic heterocycles. The maximum atomic E-state index is 11.1. The van der Waals surface area contributed by atoms with Crippen molar-refractivity contribution in [3.8, 4) is 0 Å². The van der Waals surface area contributed by atoms with E-state index >= 15 is 0 Å². The molecule has 0 radical (unpaired) electrons. The highest BCUT2D eigenvalue weighted by atomic mass is 16.6. The zero-order valence-corrected chi connectivity index (χ0v) is 11.7. The average molecular weight is 283 g/mol. The number of non-ortho nitro benzene ring substituents is 1. The molecule has 2 fully saturated rings. The zero-order valence-electron chi connectivity index (χ0n) is 11.7. The first-order chi connectivity index (χ1) is 10.2. The molecule has 5 nitrogen and oxygen atoms in total. The molecule has 1 N–H and O–H groups in total. The highest BCUT2D eigenvalue weighted by Crippen LogP contribution is 2.61. The van der Waals surface area contributed by atoms with Gasteiger partial charge in [0, 0.05) is 36.1 Å². The normalized spacial score (nSPS) is 19.4. The van der Waals surface area contributed by atoms with Crippen molar-refractivity contribution in [3.63, 3.8) is 0 Å². The Morgan fingerprint density at radius 1 is 1.29 bits per heavy atom. The van der Waals surface area contributed by atoms with Crippen molar-refractivity contribution in [3.05, 3.63) is 40.7 Å². The lowest BCUT2D eigenvalue weighted by Crippen LogP contribution is -2.17. The minimum Gasteiger partial charge on any atom is -0.384 e. The van der Waals surface area contributed by atoms with Crippen molar-refractivity contribution in [2.75, 3.05) is 11.9 Å². The third-order valence-electron chi connectivity index (χ3n) is 4.96. The number of hydrogen-bond acceptors (Lipinski definition) is 4. The summed E-state index contributed by atoms with van der Waals surface area (Å²) in [7, 11) is 0. The van der Waals surface area contributed by atoms with Crippen LogP contribution in [0, 0.1) is 21.4 Å². The maximum absolute atomic E-state index is 11.1. The quantitative estimate of drug-likeness (QED) is 0.670. The van der Waals surface area contributed by atoms with E-state index in [1.807, 2.05) is 6.07 Å². The van der Waals surface area contributed by atoms with E-state index in [0.717, 1.165) is 23.5 Å². The number of nitrogens with one attached hydrogen (secondary N) is 1. The molecular weight excluding hydrogens is 266 g/mol. The molecule has 108 valence electrons. The van der Waals surface area contributed by atoms with E-state index in [0.29, 0.717) is 10.8 Å². The van der Waals surface area contributed by atoms with Gasteiger partial charge in [-0.05, 0) is 49.1 Å². The summed E-state index contributed by atoms with van der Waals surface area (Å²) < 4.78 is 0. The fourth-order valence-corrected chi connectivity index (χ4v) is 3.34. The predicted molar refractivity (Wildman–Crippen MR) is 81.3 cm³/mol. The first kappa shape index (κ1) is 12.6. The third kappa shape index (κ3) is 2.13. The van der Waals surface area contributed by atoms with Gasteiger partial charge in [-0.25, -0.2) is 0 Å². The second-order valence-corrected chi connectivity index (χ2v) is 6.30. The van der Waals surface area contributed by atoms with Crippen LogP contribution in [0.15, 0.2) is 30.6 Å². The number of hydrogen-bond donors (Lipinski definition) is 1. The molecule has 2 aliphatic rings. The van der Waals surface area contributed by atoms with Crippen LogP contribution < -0.4 is 5.32 Å². The summed E-state index contributed by atoms with van der Waals surface area (Å²) in [6.45, 7) is 0.972. The highest BCUT2D eigenvalue weighted by Gasteiger charge is 2.53. The van der Waals surface area contributed by atoms with E-state index in [1.165, 1.54) is 25.7 Å². The van der Waals surface area contributed by atoms with Crippen molar-refractivity contribution >= 4 is 22.1 Å². The molecule has 0 atom stereocenters. The molecular formula is C16H17N3O2. The van der Waals surface area contributed by atoms with Gasteiger partial charge >= 0.3 is 0 Å². The van der Waals surface area contributed by atoms with Crippen LogP contribution in [0.2, 0.25) is 0 Å². The lowest BCUT2D eigenvalue weighted by atomic mass is 10.0. The highest BCUT2D eigenvalue weighted by molar-refractivity contribution is 5.99. The van der Waals surface area contributed by atoms with Gasteiger partial charge in [0.25, 0.3) is 5.69 Å². The Kier molecular flexibility index (Phi) is 2.64. The van der Waals surface area contributed by atoms with Gasteiger partial charge in [0.05, 0.1) is 10.3 Å². The summed E-state index contributed by atoms with van der Waals surface area (Å²) >= 11 is 0. The second kappa shape index (κ2) is 4.41. The molecule has 2 saturated carbocycles. The van der Waals surface area contributed by atoms with Gasteiger partial charge in [0.15, 0.2) is 0 Å². The van der Waals surface area contributed by atoms with Gasteiger partial charge in [-0.1, -0.05) is 0 Å². The predicted octanol–water partition coefficient (Wildman–Crippen LogP) is 3.75. The molecule has 0 unspecified atom stereocenters. The lowest BCUT2D eigenvalue weighted by Gasteiger charge is -2.17. The molecule has 0 bridgehead atoms. The van der Waals surface area contributed by atoms with Crippen molar-refractivity contribution in [1.29, 1.82) is 0 Å². The van der Waals surface area contributed by atoms with E-state index in [1.54, 1.807) is 24.5 Å².